The predicted octanol–water partition coefficient (Wildman–Crippen LogP) is 2.63. The van der Waals surface area contributed by atoms with Crippen LogP contribution in [0.4, 0.5) is 4.79 Å². The van der Waals surface area contributed by atoms with Crippen LogP contribution in [0, 0.1) is 5.92 Å². The number of aliphatic hydroxyl groups excluding tert-OH is 1. The fraction of sp³-hybridized carbons (Fsp3) is 0.947. The Balaban J connectivity index is 1.38. The number of likely N-dealkylation sites (tertiary alicyclic amines) is 1. The SMILES string of the molecule is O=C(NC1CCC(N2CCCCC2)CC1)NC1CCCCC1CO. The maximum Gasteiger partial charge on any atom is 0.315 e. The third kappa shape index (κ3) is 4.85. The van der Waals surface area contributed by atoms with Gasteiger partial charge in [-0.3, -0.25) is 0 Å². The molecule has 3 N–H and O–H groups in total. The van der Waals surface area contributed by atoms with E-state index in [0.29, 0.717) is 6.04 Å². The second kappa shape index (κ2) is 9.04. The molecule has 0 spiro atoms. The molecule has 2 amide bonds. The molecule has 1 aliphatic heterocycles. The number of rotatable bonds is 4. The van der Waals surface area contributed by atoms with Crippen molar-refractivity contribution in [2.45, 2.75) is 88.8 Å². The summed E-state index contributed by atoms with van der Waals surface area (Å²) in [5.41, 5.74) is 0. The number of aliphatic hydroxyl groups is 1. The van der Waals surface area contributed by atoms with Gasteiger partial charge in [-0.1, -0.05) is 19.3 Å². The number of amides is 2. The summed E-state index contributed by atoms with van der Waals surface area (Å²) in [6, 6.07) is 1.18. The molecule has 2 atom stereocenters. The van der Waals surface area contributed by atoms with Crippen molar-refractivity contribution in [3.05, 3.63) is 0 Å². The van der Waals surface area contributed by atoms with Crippen molar-refractivity contribution in [3.63, 3.8) is 0 Å². The van der Waals surface area contributed by atoms with Gasteiger partial charge in [-0.05, 0) is 64.5 Å². The van der Waals surface area contributed by atoms with Gasteiger partial charge in [0, 0.05) is 30.7 Å². The van der Waals surface area contributed by atoms with E-state index in [-0.39, 0.29) is 24.6 Å². The molecule has 5 nitrogen and oxygen atoms in total. The van der Waals surface area contributed by atoms with Gasteiger partial charge in [0.25, 0.3) is 0 Å². The zero-order chi connectivity index (χ0) is 16.8. The minimum Gasteiger partial charge on any atom is -0.396 e. The van der Waals surface area contributed by atoms with Crippen molar-refractivity contribution < 1.29 is 9.90 Å². The van der Waals surface area contributed by atoms with Crippen molar-refractivity contribution in [3.8, 4) is 0 Å². The van der Waals surface area contributed by atoms with Crippen LogP contribution in [0.25, 0.3) is 0 Å². The first kappa shape index (κ1) is 18.0. The third-order valence-electron chi connectivity index (χ3n) is 6.40. The fourth-order valence-corrected chi connectivity index (χ4v) is 4.88. The van der Waals surface area contributed by atoms with E-state index in [0.717, 1.165) is 38.1 Å². The summed E-state index contributed by atoms with van der Waals surface area (Å²) >= 11 is 0. The summed E-state index contributed by atoms with van der Waals surface area (Å²) in [6.45, 7) is 2.73. The Morgan fingerprint density at radius 1 is 0.875 bits per heavy atom. The molecule has 2 unspecified atom stereocenters. The van der Waals surface area contributed by atoms with Crippen LogP contribution in [-0.4, -0.2) is 53.9 Å². The van der Waals surface area contributed by atoms with Gasteiger partial charge in [0.2, 0.25) is 0 Å². The number of carbonyl (C=O) groups is 1. The molecule has 0 bridgehead atoms. The fourth-order valence-electron chi connectivity index (χ4n) is 4.88. The van der Waals surface area contributed by atoms with E-state index in [9.17, 15) is 9.90 Å². The highest BCUT2D eigenvalue weighted by atomic mass is 16.3. The highest BCUT2D eigenvalue weighted by Crippen LogP contribution is 2.26. The zero-order valence-corrected chi connectivity index (χ0v) is 15.0. The van der Waals surface area contributed by atoms with Gasteiger partial charge < -0.3 is 20.6 Å². The van der Waals surface area contributed by atoms with Gasteiger partial charge in [0.05, 0.1) is 0 Å². The Labute approximate surface area is 146 Å². The van der Waals surface area contributed by atoms with Gasteiger partial charge in [0.15, 0.2) is 0 Å². The monoisotopic (exact) mass is 337 g/mol. The van der Waals surface area contributed by atoms with Gasteiger partial charge in [-0.15, -0.1) is 0 Å². The molecule has 5 heteroatoms. The lowest BCUT2D eigenvalue weighted by Crippen LogP contribution is -2.51. The minimum atomic E-state index is -0.0261. The lowest BCUT2D eigenvalue weighted by Gasteiger charge is -2.39. The molecule has 0 aromatic rings. The van der Waals surface area contributed by atoms with Crippen LogP contribution in [0.2, 0.25) is 0 Å². The molecule has 0 aromatic carbocycles. The molecule has 1 saturated heterocycles. The highest BCUT2D eigenvalue weighted by molar-refractivity contribution is 5.74. The molecule has 1 heterocycles. The highest BCUT2D eigenvalue weighted by Gasteiger charge is 2.29. The van der Waals surface area contributed by atoms with Crippen LogP contribution in [0.3, 0.4) is 0 Å². The van der Waals surface area contributed by atoms with E-state index in [2.05, 4.69) is 15.5 Å². The Kier molecular flexibility index (Phi) is 6.78. The van der Waals surface area contributed by atoms with E-state index in [4.69, 9.17) is 0 Å². The number of nitrogens with zero attached hydrogens (tertiary/aromatic N) is 1. The van der Waals surface area contributed by atoms with E-state index >= 15 is 0 Å². The van der Waals surface area contributed by atoms with Crippen LogP contribution in [-0.2, 0) is 0 Å². The molecule has 3 aliphatic rings. The standard InChI is InChI=1S/C19H35N3O2/c23-14-15-6-2-3-7-18(15)21-19(24)20-16-8-10-17(11-9-16)22-12-4-1-5-13-22/h15-18,23H,1-14H2,(H2,20,21,24). The second-order valence-corrected chi connectivity index (χ2v) is 8.05. The van der Waals surface area contributed by atoms with Crippen LogP contribution < -0.4 is 10.6 Å². The number of piperidine rings is 1. The number of carbonyl (C=O) groups excluding carboxylic acids is 1. The van der Waals surface area contributed by atoms with Crippen molar-refractivity contribution in [1.82, 2.24) is 15.5 Å². The largest absolute Gasteiger partial charge is 0.396 e. The summed E-state index contributed by atoms with van der Waals surface area (Å²) < 4.78 is 0. The first-order valence-electron chi connectivity index (χ1n) is 10.2. The van der Waals surface area contributed by atoms with E-state index < -0.39 is 0 Å². The Hall–Kier alpha value is -0.810. The summed E-state index contributed by atoms with van der Waals surface area (Å²) in [7, 11) is 0. The molecule has 2 aliphatic carbocycles. The molecule has 2 saturated carbocycles. The second-order valence-electron chi connectivity index (χ2n) is 8.05. The number of urea groups is 1. The smallest absolute Gasteiger partial charge is 0.315 e. The first-order valence-corrected chi connectivity index (χ1v) is 10.2. The molecule has 3 rings (SSSR count). The van der Waals surface area contributed by atoms with Gasteiger partial charge in [-0.25, -0.2) is 4.79 Å². The average molecular weight is 338 g/mol. The van der Waals surface area contributed by atoms with E-state index in [1.54, 1.807) is 0 Å². The van der Waals surface area contributed by atoms with Gasteiger partial charge in [0.1, 0.15) is 0 Å². The lowest BCUT2D eigenvalue weighted by atomic mass is 9.85. The molecule has 0 radical (unpaired) electrons. The number of hydrogen-bond acceptors (Lipinski definition) is 3. The van der Waals surface area contributed by atoms with Crippen molar-refractivity contribution in [2.24, 2.45) is 5.92 Å². The quantitative estimate of drug-likeness (QED) is 0.739. The number of nitrogens with one attached hydrogen (secondary N) is 2. The molecule has 138 valence electrons. The summed E-state index contributed by atoms with van der Waals surface area (Å²) in [6.07, 6.45) is 13.1. The van der Waals surface area contributed by atoms with Crippen LogP contribution in [0.5, 0.6) is 0 Å². The Bertz CT molecular complexity index is 390. The van der Waals surface area contributed by atoms with Crippen molar-refractivity contribution in [2.75, 3.05) is 19.7 Å². The first-order chi connectivity index (χ1) is 11.8. The summed E-state index contributed by atoms with van der Waals surface area (Å²) in [4.78, 5) is 15.0. The topological polar surface area (TPSA) is 64.6 Å². The van der Waals surface area contributed by atoms with Crippen molar-refractivity contribution in [1.29, 1.82) is 0 Å². The van der Waals surface area contributed by atoms with Crippen LogP contribution in [0.15, 0.2) is 0 Å². The molecule has 24 heavy (non-hydrogen) atoms. The summed E-state index contributed by atoms with van der Waals surface area (Å²) in [5.74, 6) is 0.235. The maximum atomic E-state index is 12.3. The Morgan fingerprint density at radius 3 is 2.29 bits per heavy atom. The average Bonchev–Trinajstić information content (AvgIpc) is 2.63. The van der Waals surface area contributed by atoms with Crippen LogP contribution in [0.1, 0.15) is 70.6 Å². The molecular formula is C19H35N3O2. The van der Waals surface area contributed by atoms with Crippen molar-refractivity contribution >= 4 is 6.03 Å². The minimum absolute atomic E-state index is 0.0261. The number of hydrogen-bond donors (Lipinski definition) is 3. The predicted molar refractivity (Wildman–Crippen MR) is 96.0 cm³/mol. The molecule has 0 aromatic heterocycles. The molecule has 3 fully saturated rings. The van der Waals surface area contributed by atoms with Crippen LogP contribution >= 0.6 is 0 Å². The summed E-state index contributed by atoms with van der Waals surface area (Å²) in [5, 5.41) is 15.8. The third-order valence-corrected chi connectivity index (χ3v) is 6.40. The lowest BCUT2D eigenvalue weighted by molar-refractivity contribution is 0.120. The zero-order valence-electron chi connectivity index (χ0n) is 15.0. The Morgan fingerprint density at radius 2 is 1.58 bits per heavy atom. The molecular weight excluding hydrogens is 302 g/mol. The normalized spacial score (nSPS) is 35.4. The van der Waals surface area contributed by atoms with Gasteiger partial charge in [-0.2, -0.15) is 0 Å². The van der Waals surface area contributed by atoms with E-state index in [1.807, 2.05) is 0 Å². The van der Waals surface area contributed by atoms with Gasteiger partial charge >= 0.3 is 6.03 Å². The maximum absolute atomic E-state index is 12.3. The van der Waals surface area contributed by atoms with E-state index in [1.165, 1.54) is 51.6 Å².